The summed E-state index contributed by atoms with van der Waals surface area (Å²) in [6, 6.07) is 0.606. The number of carboxylic acid groups (broad SMARTS) is 1. The second kappa shape index (κ2) is 6.11. The Bertz CT molecular complexity index is 206. The topological polar surface area (TPSA) is 49.3 Å². The minimum absolute atomic E-state index is 0.0908. The molecule has 0 heterocycles. The summed E-state index contributed by atoms with van der Waals surface area (Å²) in [6.07, 6.45) is 6.64. The fraction of sp³-hybridized carbons (Fsp3) is 0.917. The highest BCUT2D eigenvalue weighted by atomic mass is 16.4. The molecule has 0 bridgehead atoms. The zero-order chi connectivity index (χ0) is 11.3. The van der Waals surface area contributed by atoms with E-state index in [9.17, 15) is 4.79 Å². The smallest absolute Gasteiger partial charge is 0.304 e. The Balaban J connectivity index is 2.36. The molecule has 0 amide bonds. The Morgan fingerprint density at radius 3 is 2.73 bits per heavy atom. The van der Waals surface area contributed by atoms with Gasteiger partial charge in [-0.05, 0) is 25.7 Å². The molecule has 0 radical (unpaired) electrons. The van der Waals surface area contributed by atoms with E-state index in [4.69, 9.17) is 5.11 Å². The van der Waals surface area contributed by atoms with Crippen LogP contribution in [0.15, 0.2) is 0 Å². The summed E-state index contributed by atoms with van der Waals surface area (Å²) in [4.78, 5) is 10.6. The van der Waals surface area contributed by atoms with Crippen molar-refractivity contribution < 1.29 is 9.90 Å². The number of aliphatic carboxylic acids is 1. The maximum Gasteiger partial charge on any atom is 0.304 e. The lowest BCUT2D eigenvalue weighted by Crippen LogP contribution is -2.41. The van der Waals surface area contributed by atoms with Crippen molar-refractivity contribution in [1.29, 1.82) is 0 Å². The quantitative estimate of drug-likeness (QED) is 0.705. The van der Waals surface area contributed by atoms with Gasteiger partial charge in [0.15, 0.2) is 0 Å². The molecule has 0 aromatic rings. The van der Waals surface area contributed by atoms with Crippen molar-refractivity contribution in [3.63, 3.8) is 0 Å². The first-order valence-corrected chi connectivity index (χ1v) is 6.07. The second-order valence-electron chi connectivity index (χ2n) is 4.89. The number of nitrogens with one attached hydrogen (secondary N) is 1. The highest BCUT2D eigenvalue weighted by molar-refractivity contribution is 5.67. The molecule has 1 aliphatic rings. The van der Waals surface area contributed by atoms with Crippen LogP contribution in [-0.4, -0.2) is 23.2 Å². The average molecular weight is 213 g/mol. The van der Waals surface area contributed by atoms with E-state index in [-0.39, 0.29) is 12.5 Å². The van der Waals surface area contributed by atoms with Gasteiger partial charge in [-0.15, -0.1) is 0 Å². The van der Waals surface area contributed by atoms with Gasteiger partial charge in [0.2, 0.25) is 0 Å². The van der Waals surface area contributed by atoms with Crippen LogP contribution >= 0.6 is 0 Å². The average Bonchev–Trinajstić information content (AvgIpc) is 2.30. The molecule has 1 fully saturated rings. The maximum atomic E-state index is 10.6. The van der Waals surface area contributed by atoms with E-state index in [1.165, 1.54) is 32.1 Å². The molecule has 1 saturated carbocycles. The Kier molecular flexibility index (Phi) is 5.09. The molecule has 3 nitrogen and oxygen atoms in total. The molecule has 1 rings (SSSR count). The first-order chi connectivity index (χ1) is 7.09. The van der Waals surface area contributed by atoms with Gasteiger partial charge in [-0.2, -0.15) is 0 Å². The van der Waals surface area contributed by atoms with Gasteiger partial charge >= 0.3 is 5.97 Å². The fourth-order valence-corrected chi connectivity index (χ4v) is 2.43. The van der Waals surface area contributed by atoms with Crippen molar-refractivity contribution in [3.8, 4) is 0 Å². The SMILES string of the molecule is CC(CC(=O)O)NC1CCCCCC1C. The predicted molar refractivity (Wildman–Crippen MR) is 60.9 cm³/mol. The first kappa shape index (κ1) is 12.5. The zero-order valence-corrected chi connectivity index (χ0v) is 9.83. The van der Waals surface area contributed by atoms with Gasteiger partial charge in [-0.3, -0.25) is 4.79 Å². The normalized spacial score (nSPS) is 29.5. The molecular weight excluding hydrogens is 190 g/mol. The molecule has 0 aromatic carbocycles. The Morgan fingerprint density at radius 1 is 1.40 bits per heavy atom. The van der Waals surface area contributed by atoms with Crippen LogP contribution in [0.1, 0.15) is 52.4 Å². The van der Waals surface area contributed by atoms with Gasteiger partial charge < -0.3 is 10.4 Å². The molecule has 1 aliphatic carbocycles. The third kappa shape index (κ3) is 4.65. The number of rotatable bonds is 4. The number of hydrogen-bond donors (Lipinski definition) is 2. The molecule has 3 atom stereocenters. The minimum atomic E-state index is -0.712. The van der Waals surface area contributed by atoms with Crippen LogP contribution in [0.25, 0.3) is 0 Å². The summed E-state index contributed by atoms with van der Waals surface area (Å²) in [5.74, 6) is -0.0278. The lowest BCUT2D eigenvalue weighted by atomic mass is 9.96. The van der Waals surface area contributed by atoms with Gasteiger partial charge in [0.25, 0.3) is 0 Å². The number of carboxylic acids is 1. The van der Waals surface area contributed by atoms with E-state index in [2.05, 4.69) is 12.2 Å². The molecular formula is C12H23NO2. The summed E-state index contributed by atoms with van der Waals surface area (Å²) < 4.78 is 0. The monoisotopic (exact) mass is 213 g/mol. The van der Waals surface area contributed by atoms with Crippen molar-refractivity contribution >= 4 is 5.97 Å². The van der Waals surface area contributed by atoms with Gasteiger partial charge in [-0.25, -0.2) is 0 Å². The molecule has 2 N–H and O–H groups in total. The van der Waals surface area contributed by atoms with Gasteiger partial charge in [-0.1, -0.05) is 26.2 Å². The van der Waals surface area contributed by atoms with Crippen LogP contribution < -0.4 is 5.32 Å². The van der Waals surface area contributed by atoms with Crippen LogP contribution in [0.3, 0.4) is 0 Å². The van der Waals surface area contributed by atoms with Crippen LogP contribution in [0.5, 0.6) is 0 Å². The molecule has 0 aliphatic heterocycles. The van der Waals surface area contributed by atoms with Crippen LogP contribution in [-0.2, 0) is 4.79 Å². The summed E-state index contributed by atoms with van der Waals surface area (Å²) in [6.45, 7) is 4.24. The summed E-state index contributed by atoms with van der Waals surface area (Å²) in [5.41, 5.74) is 0. The predicted octanol–water partition coefficient (Wildman–Crippen LogP) is 2.41. The highest BCUT2D eigenvalue weighted by Gasteiger charge is 2.21. The lowest BCUT2D eigenvalue weighted by Gasteiger charge is -2.26. The molecule has 3 heteroatoms. The third-order valence-corrected chi connectivity index (χ3v) is 3.34. The third-order valence-electron chi connectivity index (χ3n) is 3.34. The van der Waals surface area contributed by atoms with E-state index in [0.717, 1.165) is 0 Å². The summed E-state index contributed by atoms with van der Waals surface area (Å²) >= 11 is 0. The Hall–Kier alpha value is -0.570. The van der Waals surface area contributed by atoms with Gasteiger partial charge in [0.1, 0.15) is 0 Å². The number of hydrogen-bond acceptors (Lipinski definition) is 2. The molecule has 0 saturated heterocycles. The Labute approximate surface area is 92.3 Å². The standard InChI is InChI=1S/C12H23NO2/c1-9-6-4-3-5-7-11(9)13-10(2)8-12(14)15/h9-11,13H,3-8H2,1-2H3,(H,14,15). The Morgan fingerprint density at radius 2 is 2.07 bits per heavy atom. The first-order valence-electron chi connectivity index (χ1n) is 6.07. The second-order valence-corrected chi connectivity index (χ2v) is 4.89. The van der Waals surface area contributed by atoms with E-state index < -0.39 is 5.97 Å². The largest absolute Gasteiger partial charge is 0.481 e. The van der Waals surface area contributed by atoms with E-state index in [1.807, 2.05) is 6.92 Å². The van der Waals surface area contributed by atoms with Crippen molar-refractivity contribution in [3.05, 3.63) is 0 Å². The zero-order valence-electron chi connectivity index (χ0n) is 9.83. The van der Waals surface area contributed by atoms with Gasteiger partial charge in [0.05, 0.1) is 6.42 Å². The van der Waals surface area contributed by atoms with E-state index in [1.54, 1.807) is 0 Å². The summed E-state index contributed by atoms with van der Waals surface area (Å²) in [7, 11) is 0. The summed E-state index contributed by atoms with van der Waals surface area (Å²) in [5, 5.41) is 12.2. The molecule has 3 unspecified atom stereocenters. The fourth-order valence-electron chi connectivity index (χ4n) is 2.43. The van der Waals surface area contributed by atoms with E-state index >= 15 is 0 Å². The van der Waals surface area contributed by atoms with Crippen molar-refractivity contribution in [1.82, 2.24) is 5.32 Å². The van der Waals surface area contributed by atoms with Crippen LogP contribution in [0, 0.1) is 5.92 Å². The van der Waals surface area contributed by atoms with Gasteiger partial charge in [0, 0.05) is 12.1 Å². The van der Waals surface area contributed by atoms with Crippen molar-refractivity contribution in [2.75, 3.05) is 0 Å². The molecule has 88 valence electrons. The number of carbonyl (C=O) groups is 1. The van der Waals surface area contributed by atoms with Crippen LogP contribution in [0.2, 0.25) is 0 Å². The van der Waals surface area contributed by atoms with E-state index in [0.29, 0.717) is 12.0 Å². The van der Waals surface area contributed by atoms with Crippen molar-refractivity contribution in [2.45, 2.75) is 64.5 Å². The van der Waals surface area contributed by atoms with Crippen LogP contribution in [0.4, 0.5) is 0 Å². The maximum absolute atomic E-state index is 10.6. The molecule has 15 heavy (non-hydrogen) atoms. The molecule has 0 aromatic heterocycles. The van der Waals surface area contributed by atoms with Crippen molar-refractivity contribution in [2.24, 2.45) is 5.92 Å². The lowest BCUT2D eigenvalue weighted by molar-refractivity contribution is -0.137. The minimum Gasteiger partial charge on any atom is -0.481 e. The molecule has 0 spiro atoms. The highest BCUT2D eigenvalue weighted by Crippen LogP contribution is 2.23.